The predicted octanol–water partition coefficient (Wildman–Crippen LogP) is 2.93. The maximum Gasteiger partial charge on any atom is 0.0429 e. The smallest absolute Gasteiger partial charge is 0.0429 e. The number of nitrogens with zero attached hydrogens (tertiary/aromatic N) is 2. The van der Waals surface area contributed by atoms with Crippen molar-refractivity contribution in [3.63, 3.8) is 0 Å². The van der Waals surface area contributed by atoms with Gasteiger partial charge in [-0.3, -0.25) is 9.80 Å². The van der Waals surface area contributed by atoms with Gasteiger partial charge in [-0.25, -0.2) is 0 Å². The van der Waals surface area contributed by atoms with Gasteiger partial charge in [0.05, 0.1) is 0 Å². The van der Waals surface area contributed by atoms with Crippen molar-refractivity contribution in [1.82, 2.24) is 9.80 Å². The van der Waals surface area contributed by atoms with Crippen molar-refractivity contribution in [2.75, 3.05) is 31.5 Å². The summed E-state index contributed by atoms with van der Waals surface area (Å²) in [4.78, 5) is 5.25. The molecule has 0 aliphatic carbocycles. The fourth-order valence-corrected chi connectivity index (χ4v) is 4.42. The van der Waals surface area contributed by atoms with Crippen LogP contribution in [-0.4, -0.2) is 48.1 Å². The summed E-state index contributed by atoms with van der Waals surface area (Å²) >= 11 is 0. The van der Waals surface area contributed by atoms with Crippen LogP contribution >= 0.6 is 0 Å². The van der Waals surface area contributed by atoms with Gasteiger partial charge >= 0.3 is 0 Å². The number of anilines is 1. The molecule has 0 aromatic heterocycles. The number of hydrogen-bond acceptors (Lipinski definition) is 3. The van der Waals surface area contributed by atoms with Crippen LogP contribution in [0.5, 0.6) is 0 Å². The molecular weight excluding hydrogens is 258 g/mol. The van der Waals surface area contributed by atoms with Crippen LogP contribution in [0.1, 0.15) is 37.7 Å². The minimum absolute atomic E-state index is 0.662. The Morgan fingerprint density at radius 3 is 2.81 bits per heavy atom. The molecule has 3 heteroatoms. The van der Waals surface area contributed by atoms with Crippen molar-refractivity contribution < 1.29 is 0 Å². The third-order valence-electron chi connectivity index (χ3n) is 5.49. The number of nitrogens with one attached hydrogen (secondary N) is 1. The van der Waals surface area contributed by atoms with Crippen molar-refractivity contribution in [3.8, 4) is 0 Å². The summed E-state index contributed by atoms with van der Waals surface area (Å²) < 4.78 is 0. The molecule has 1 N–H and O–H groups in total. The second-order valence-corrected chi connectivity index (χ2v) is 6.97. The Morgan fingerprint density at radius 1 is 1.00 bits per heavy atom. The first-order chi connectivity index (χ1) is 10.4. The van der Waals surface area contributed by atoms with Crippen molar-refractivity contribution in [1.29, 1.82) is 0 Å². The maximum atomic E-state index is 3.82. The van der Waals surface area contributed by atoms with Gasteiger partial charge in [-0.2, -0.15) is 0 Å². The lowest BCUT2D eigenvalue weighted by molar-refractivity contribution is 0.318. The van der Waals surface area contributed by atoms with E-state index in [1.165, 1.54) is 69.5 Å². The zero-order chi connectivity index (χ0) is 14.1. The van der Waals surface area contributed by atoms with E-state index in [0.29, 0.717) is 6.04 Å². The second kappa shape index (κ2) is 5.98. The molecule has 3 heterocycles. The molecule has 0 radical (unpaired) electrons. The molecule has 2 atom stereocenters. The predicted molar refractivity (Wildman–Crippen MR) is 87.6 cm³/mol. The molecule has 0 bridgehead atoms. The highest BCUT2D eigenvalue weighted by Crippen LogP contribution is 2.30. The van der Waals surface area contributed by atoms with Crippen molar-refractivity contribution >= 4 is 5.69 Å². The molecule has 4 rings (SSSR count). The molecule has 114 valence electrons. The zero-order valence-electron chi connectivity index (χ0n) is 12.9. The van der Waals surface area contributed by atoms with E-state index in [4.69, 9.17) is 0 Å². The first kappa shape index (κ1) is 13.6. The number of benzene rings is 1. The molecule has 3 fully saturated rings. The topological polar surface area (TPSA) is 18.5 Å². The minimum atomic E-state index is 0.662. The molecule has 3 saturated heterocycles. The first-order valence-corrected chi connectivity index (χ1v) is 8.70. The average molecular weight is 285 g/mol. The van der Waals surface area contributed by atoms with Crippen LogP contribution in [0.2, 0.25) is 0 Å². The average Bonchev–Trinajstić information content (AvgIpc) is 3.19. The zero-order valence-corrected chi connectivity index (χ0v) is 12.9. The summed E-state index contributed by atoms with van der Waals surface area (Å²) in [5.74, 6) is 0. The van der Waals surface area contributed by atoms with Gasteiger partial charge in [0.2, 0.25) is 0 Å². The molecule has 0 amide bonds. The van der Waals surface area contributed by atoms with E-state index in [1.807, 2.05) is 0 Å². The van der Waals surface area contributed by atoms with Crippen molar-refractivity contribution in [2.45, 2.75) is 50.7 Å². The SMILES string of the molecule is c1cc(CN2CCCC2)cc(NC2CCN3CCCC23)c1. The minimum Gasteiger partial charge on any atom is -0.381 e. The van der Waals surface area contributed by atoms with Crippen LogP contribution in [0.25, 0.3) is 0 Å². The Balaban J connectivity index is 1.40. The van der Waals surface area contributed by atoms with Crippen molar-refractivity contribution in [3.05, 3.63) is 29.8 Å². The number of hydrogen-bond donors (Lipinski definition) is 1. The maximum absolute atomic E-state index is 3.82. The second-order valence-electron chi connectivity index (χ2n) is 6.97. The van der Waals surface area contributed by atoms with Crippen molar-refractivity contribution in [2.24, 2.45) is 0 Å². The van der Waals surface area contributed by atoms with Crippen LogP contribution in [0.3, 0.4) is 0 Å². The lowest BCUT2D eigenvalue weighted by Crippen LogP contribution is -2.33. The molecular formula is C18H27N3. The summed E-state index contributed by atoms with van der Waals surface area (Å²) in [5, 5.41) is 3.82. The Kier molecular flexibility index (Phi) is 3.87. The Hall–Kier alpha value is -1.06. The fourth-order valence-electron chi connectivity index (χ4n) is 4.42. The van der Waals surface area contributed by atoms with E-state index < -0.39 is 0 Å². The standard InChI is InChI=1S/C18H27N3/c1-2-10-20(9-1)14-15-5-3-6-16(13-15)19-17-8-12-21-11-4-7-18(17)21/h3,5-6,13,17-19H,1-2,4,7-12,14H2. The van der Waals surface area contributed by atoms with E-state index in [1.54, 1.807) is 0 Å². The number of likely N-dealkylation sites (tertiary alicyclic amines) is 1. The van der Waals surface area contributed by atoms with Gasteiger partial charge < -0.3 is 5.32 Å². The lowest BCUT2D eigenvalue weighted by atomic mass is 10.1. The van der Waals surface area contributed by atoms with E-state index in [2.05, 4.69) is 39.4 Å². The molecule has 21 heavy (non-hydrogen) atoms. The summed E-state index contributed by atoms with van der Waals surface area (Å²) in [6.45, 7) is 6.28. The largest absolute Gasteiger partial charge is 0.381 e. The molecule has 3 aliphatic rings. The molecule has 1 aromatic carbocycles. The van der Waals surface area contributed by atoms with Crippen LogP contribution < -0.4 is 5.32 Å². The van der Waals surface area contributed by atoms with Crippen LogP contribution in [-0.2, 0) is 6.54 Å². The van der Waals surface area contributed by atoms with Gasteiger partial charge in [0.25, 0.3) is 0 Å². The van der Waals surface area contributed by atoms with Crippen LogP contribution in [0.15, 0.2) is 24.3 Å². The lowest BCUT2D eigenvalue weighted by Gasteiger charge is -2.23. The highest BCUT2D eigenvalue weighted by atomic mass is 15.2. The number of fused-ring (bicyclic) bond motifs is 1. The first-order valence-electron chi connectivity index (χ1n) is 8.70. The third kappa shape index (κ3) is 2.95. The van der Waals surface area contributed by atoms with Gasteiger partial charge in [-0.05, 0) is 69.4 Å². The summed E-state index contributed by atoms with van der Waals surface area (Å²) in [6, 6.07) is 10.6. The number of rotatable bonds is 4. The van der Waals surface area contributed by atoms with Gasteiger partial charge in [-0.15, -0.1) is 0 Å². The summed E-state index contributed by atoms with van der Waals surface area (Å²) in [6.07, 6.45) is 6.82. The van der Waals surface area contributed by atoms with Gasteiger partial charge in [0, 0.05) is 30.9 Å². The van der Waals surface area contributed by atoms with E-state index in [0.717, 1.165) is 12.6 Å². The highest BCUT2D eigenvalue weighted by molar-refractivity contribution is 5.47. The fraction of sp³-hybridized carbons (Fsp3) is 0.667. The van der Waals surface area contributed by atoms with E-state index in [9.17, 15) is 0 Å². The molecule has 3 nitrogen and oxygen atoms in total. The molecule has 0 saturated carbocycles. The monoisotopic (exact) mass is 285 g/mol. The molecule has 2 unspecified atom stereocenters. The Morgan fingerprint density at radius 2 is 1.90 bits per heavy atom. The van der Waals surface area contributed by atoms with E-state index >= 15 is 0 Å². The quantitative estimate of drug-likeness (QED) is 0.917. The highest BCUT2D eigenvalue weighted by Gasteiger charge is 2.36. The normalized spacial score (nSPS) is 29.9. The van der Waals surface area contributed by atoms with Gasteiger partial charge in [-0.1, -0.05) is 12.1 Å². The Labute approximate surface area is 128 Å². The molecule has 1 aromatic rings. The Bertz CT molecular complexity index is 481. The summed E-state index contributed by atoms with van der Waals surface area (Å²) in [7, 11) is 0. The molecule has 3 aliphatic heterocycles. The van der Waals surface area contributed by atoms with Crippen LogP contribution in [0.4, 0.5) is 5.69 Å². The van der Waals surface area contributed by atoms with E-state index in [-0.39, 0.29) is 0 Å². The van der Waals surface area contributed by atoms with Gasteiger partial charge in [0.1, 0.15) is 0 Å². The third-order valence-corrected chi connectivity index (χ3v) is 5.49. The summed E-state index contributed by atoms with van der Waals surface area (Å²) in [5.41, 5.74) is 2.79. The molecule has 0 spiro atoms. The van der Waals surface area contributed by atoms with Crippen LogP contribution in [0, 0.1) is 0 Å². The van der Waals surface area contributed by atoms with Gasteiger partial charge in [0.15, 0.2) is 0 Å².